The minimum Gasteiger partial charge on any atom is -0.308 e. The Labute approximate surface area is 198 Å². The minimum absolute atomic E-state index is 0.0553. The molecule has 1 amide bonds. The van der Waals surface area contributed by atoms with Crippen LogP contribution in [0.2, 0.25) is 0 Å². The summed E-state index contributed by atoms with van der Waals surface area (Å²) in [4.78, 5) is 22.9. The van der Waals surface area contributed by atoms with E-state index in [1.54, 1.807) is 40.9 Å². The molecule has 1 heterocycles. The summed E-state index contributed by atoms with van der Waals surface area (Å²) in [7, 11) is 0.505. The third-order valence-corrected chi connectivity index (χ3v) is 8.65. The lowest BCUT2D eigenvalue weighted by Crippen LogP contribution is -2.36. The monoisotopic (exact) mass is 491 g/mol. The minimum atomic E-state index is -3.41. The number of amides is 1. The van der Waals surface area contributed by atoms with Crippen LogP contribution in [0, 0.1) is 6.92 Å². The average molecular weight is 492 g/mol. The number of hydrogen-bond acceptors (Lipinski definition) is 7. The van der Waals surface area contributed by atoms with Crippen molar-refractivity contribution in [1.82, 2.24) is 9.88 Å². The molecule has 0 aliphatic carbocycles. The van der Waals surface area contributed by atoms with E-state index in [4.69, 9.17) is 0 Å². The summed E-state index contributed by atoms with van der Waals surface area (Å²) < 4.78 is 26.3. The Hall–Kier alpha value is -1.94. The van der Waals surface area contributed by atoms with E-state index >= 15 is 0 Å². The highest BCUT2D eigenvalue weighted by atomic mass is 32.2. The van der Waals surface area contributed by atoms with E-state index in [-0.39, 0.29) is 24.5 Å². The van der Waals surface area contributed by atoms with Crippen LogP contribution in [-0.2, 0) is 14.6 Å². The number of rotatable bonds is 10. The number of likely N-dealkylation sites (N-methyl/N-ethyl adjacent to an activating group) is 1. The van der Waals surface area contributed by atoms with Gasteiger partial charge >= 0.3 is 0 Å². The van der Waals surface area contributed by atoms with E-state index in [1.165, 1.54) is 11.3 Å². The van der Waals surface area contributed by atoms with Crippen LogP contribution in [0.25, 0.3) is 10.2 Å². The molecule has 0 fully saturated rings. The average Bonchev–Trinajstić information content (AvgIpc) is 3.16. The highest BCUT2D eigenvalue weighted by Crippen LogP contribution is 2.32. The first-order valence-electron chi connectivity index (χ1n) is 10.4. The van der Waals surface area contributed by atoms with Crippen molar-refractivity contribution in [2.24, 2.45) is 0 Å². The number of aromatic nitrogens is 1. The number of carbonyl (C=O) groups excluding carboxylic acids is 1. The van der Waals surface area contributed by atoms with E-state index in [2.05, 4.69) is 11.1 Å². The second-order valence-electron chi connectivity index (χ2n) is 7.91. The normalized spacial score (nSPS) is 11.9. The molecule has 172 valence electrons. The third-order valence-electron chi connectivity index (χ3n) is 5.07. The Kier molecular flexibility index (Phi) is 8.32. The molecule has 0 bridgehead atoms. The maximum Gasteiger partial charge on any atom is 0.228 e. The maximum absolute atomic E-state index is 13.1. The van der Waals surface area contributed by atoms with Gasteiger partial charge in [-0.15, -0.1) is 11.8 Å². The van der Waals surface area contributed by atoms with Gasteiger partial charge in [-0.25, -0.2) is 13.4 Å². The number of fused-ring (bicyclic) bond motifs is 1. The Bertz CT molecular complexity index is 1170. The molecule has 0 aliphatic rings. The number of carbonyl (C=O) groups is 1. The van der Waals surface area contributed by atoms with Gasteiger partial charge in [0.15, 0.2) is 15.0 Å². The number of sulfone groups is 1. The number of thioether (sulfide) groups is 1. The van der Waals surface area contributed by atoms with E-state index in [1.807, 2.05) is 44.3 Å². The topological polar surface area (TPSA) is 70.6 Å². The van der Waals surface area contributed by atoms with Crippen molar-refractivity contribution in [2.75, 3.05) is 44.1 Å². The number of aryl methyl sites for hydroxylation is 1. The summed E-state index contributed by atoms with van der Waals surface area (Å²) >= 11 is 3.16. The molecule has 3 rings (SSSR count). The predicted molar refractivity (Wildman–Crippen MR) is 135 cm³/mol. The Balaban J connectivity index is 1.72. The third kappa shape index (κ3) is 6.31. The molecule has 1 aromatic heterocycles. The first-order chi connectivity index (χ1) is 15.2. The summed E-state index contributed by atoms with van der Waals surface area (Å²) in [5, 5.41) is 0.659. The van der Waals surface area contributed by atoms with Crippen molar-refractivity contribution >= 4 is 54.2 Å². The van der Waals surface area contributed by atoms with E-state index < -0.39 is 9.84 Å². The van der Waals surface area contributed by atoms with E-state index in [0.29, 0.717) is 23.1 Å². The second kappa shape index (κ2) is 10.8. The Morgan fingerprint density at radius 1 is 1.09 bits per heavy atom. The highest BCUT2D eigenvalue weighted by Gasteiger charge is 2.21. The van der Waals surface area contributed by atoms with Crippen molar-refractivity contribution in [2.45, 2.75) is 29.6 Å². The summed E-state index contributed by atoms with van der Waals surface area (Å²) in [6, 6.07) is 12.9. The van der Waals surface area contributed by atoms with Crippen LogP contribution < -0.4 is 4.90 Å². The summed E-state index contributed by atoms with van der Waals surface area (Å²) in [5.74, 6) is -0.157. The molecule has 0 aliphatic heterocycles. The van der Waals surface area contributed by atoms with Crippen LogP contribution in [0.5, 0.6) is 0 Å². The first kappa shape index (κ1) is 24.7. The largest absolute Gasteiger partial charge is 0.308 e. The van der Waals surface area contributed by atoms with E-state index in [0.717, 1.165) is 20.7 Å². The number of hydrogen-bond donors (Lipinski definition) is 0. The zero-order valence-electron chi connectivity index (χ0n) is 18.9. The van der Waals surface area contributed by atoms with Crippen molar-refractivity contribution in [3.63, 3.8) is 0 Å². The smallest absolute Gasteiger partial charge is 0.228 e. The van der Waals surface area contributed by atoms with Crippen molar-refractivity contribution < 1.29 is 13.2 Å². The maximum atomic E-state index is 13.1. The number of anilines is 1. The zero-order valence-corrected chi connectivity index (χ0v) is 21.3. The molecule has 0 unspecified atom stereocenters. The SMILES string of the molecule is CSc1ccc2nc(N(CCN(C)C)C(=O)CCCS(=O)(=O)c3ccc(C)cc3)sc2c1. The molecule has 3 aromatic rings. The van der Waals surface area contributed by atoms with Crippen LogP contribution in [0.1, 0.15) is 18.4 Å². The lowest BCUT2D eigenvalue weighted by atomic mass is 10.2. The number of nitrogens with zero attached hydrogens (tertiary/aromatic N) is 3. The Morgan fingerprint density at radius 2 is 1.81 bits per heavy atom. The fourth-order valence-electron chi connectivity index (χ4n) is 3.17. The summed E-state index contributed by atoms with van der Waals surface area (Å²) in [5.41, 5.74) is 1.88. The van der Waals surface area contributed by atoms with Crippen molar-refractivity contribution in [3.05, 3.63) is 48.0 Å². The zero-order chi connectivity index (χ0) is 23.3. The van der Waals surface area contributed by atoms with Gasteiger partial charge in [0.1, 0.15) is 0 Å². The predicted octanol–water partition coefficient (Wildman–Crippen LogP) is 4.48. The molecule has 0 radical (unpaired) electrons. The van der Waals surface area contributed by atoms with Gasteiger partial charge in [0.2, 0.25) is 5.91 Å². The van der Waals surface area contributed by atoms with Crippen LogP contribution in [0.15, 0.2) is 52.3 Å². The molecular weight excluding hydrogens is 462 g/mol. The molecule has 2 aromatic carbocycles. The quantitative estimate of drug-likeness (QED) is 0.390. The molecular formula is C23H29N3O3S3. The summed E-state index contributed by atoms with van der Waals surface area (Å²) in [6.45, 7) is 3.12. The van der Waals surface area contributed by atoms with Gasteiger partial charge in [-0.2, -0.15) is 0 Å². The fraction of sp³-hybridized carbons (Fsp3) is 0.391. The van der Waals surface area contributed by atoms with Gasteiger partial charge in [0.25, 0.3) is 0 Å². The Morgan fingerprint density at radius 3 is 2.47 bits per heavy atom. The van der Waals surface area contributed by atoms with Gasteiger partial charge in [-0.3, -0.25) is 9.69 Å². The van der Waals surface area contributed by atoms with Crippen LogP contribution in [0.3, 0.4) is 0 Å². The summed E-state index contributed by atoms with van der Waals surface area (Å²) in [6.07, 6.45) is 2.46. The van der Waals surface area contributed by atoms with Crippen LogP contribution >= 0.6 is 23.1 Å². The number of thiazole rings is 1. The molecule has 6 nitrogen and oxygen atoms in total. The fourth-order valence-corrected chi connectivity index (χ4v) is 6.05. The first-order valence-corrected chi connectivity index (χ1v) is 14.1. The molecule has 0 spiro atoms. The molecule has 0 saturated heterocycles. The number of benzene rings is 2. The molecule has 9 heteroatoms. The lowest BCUT2D eigenvalue weighted by Gasteiger charge is -2.22. The molecule has 0 N–H and O–H groups in total. The van der Waals surface area contributed by atoms with Gasteiger partial charge in [-0.05, 0) is 64.0 Å². The lowest BCUT2D eigenvalue weighted by molar-refractivity contribution is -0.118. The molecule has 0 atom stereocenters. The van der Waals surface area contributed by atoms with Crippen LogP contribution in [0.4, 0.5) is 5.13 Å². The standard InChI is InChI=1S/C23H29N3O3S3/c1-17-7-10-19(11-8-17)32(28,29)15-5-6-22(27)26(14-13-25(2)3)23-24-20-12-9-18(30-4)16-21(20)31-23/h7-12,16H,5-6,13-15H2,1-4H3. The van der Waals surface area contributed by atoms with Crippen molar-refractivity contribution in [1.29, 1.82) is 0 Å². The van der Waals surface area contributed by atoms with Gasteiger partial charge < -0.3 is 4.90 Å². The molecule has 32 heavy (non-hydrogen) atoms. The molecule has 0 saturated carbocycles. The van der Waals surface area contributed by atoms with E-state index in [9.17, 15) is 13.2 Å². The highest BCUT2D eigenvalue weighted by molar-refractivity contribution is 7.98. The van der Waals surface area contributed by atoms with Crippen LogP contribution in [-0.4, -0.2) is 63.4 Å². The van der Waals surface area contributed by atoms with Gasteiger partial charge in [0, 0.05) is 24.4 Å². The van der Waals surface area contributed by atoms with Gasteiger partial charge in [-0.1, -0.05) is 29.0 Å². The van der Waals surface area contributed by atoms with Gasteiger partial charge in [0.05, 0.1) is 20.9 Å². The van der Waals surface area contributed by atoms with Crippen molar-refractivity contribution in [3.8, 4) is 0 Å². The second-order valence-corrected chi connectivity index (χ2v) is 11.9.